The largest absolute Gasteiger partial charge is 0.494 e. The molecule has 1 aromatic heterocycles. The quantitative estimate of drug-likeness (QED) is 0.581. The highest BCUT2D eigenvalue weighted by Gasteiger charge is 2.15. The van der Waals surface area contributed by atoms with Gasteiger partial charge in [-0.05, 0) is 60.9 Å². The number of benzene rings is 2. The van der Waals surface area contributed by atoms with Crippen LogP contribution in [0.25, 0.3) is 10.4 Å². The van der Waals surface area contributed by atoms with E-state index in [4.69, 9.17) is 4.74 Å². The molecular weight excluding hydrogens is 342 g/mol. The van der Waals surface area contributed by atoms with Crippen molar-refractivity contribution in [2.75, 3.05) is 20.2 Å². The van der Waals surface area contributed by atoms with Crippen LogP contribution in [0.1, 0.15) is 22.2 Å². The number of amides is 1. The smallest absolute Gasteiger partial charge is 0.263 e. The van der Waals surface area contributed by atoms with Gasteiger partial charge in [0, 0.05) is 18.5 Å². The topological polar surface area (TPSA) is 29.5 Å². The zero-order chi connectivity index (χ0) is 18.4. The van der Waals surface area contributed by atoms with Gasteiger partial charge >= 0.3 is 0 Å². The first-order chi connectivity index (χ1) is 12.7. The van der Waals surface area contributed by atoms with E-state index in [2.05, 4.69) is 12.1 Å². The minimum Gasteiger partial charge on any atom is -0.494 e. The number of likely N-dealkylation sites (N-methyl/N-ethyl adjacent to an activating group) is 1. The molecule has 0 radical (unpaired) electrons. The van der Waals surface area contributed by atoms with E-state index in [9.17, 15) is 4.79 Å². The Balaban J connectivity index is 1.63. The molecule has 3 nitrogen and oxygen atoms in total. The van der Waals surface area contributed by atoms with Gasteiger partial charge in [0.2, 0.25) is 0 Å². The molecule has 1 amide bonds. The van der Waals surface area contributed by atoms with Gasteiger partial charge in [0.05, 0.1) is 11.5 Å². The Bertz CT molecular complexity index is 840. The minimum atomic E-state index is 0.0723. The molecule has 0 spiro atoms. The third kappa shape index (κ3) is 4.52. The van der Waals surface area contributed by atoms with Crippen LogP contribution in [0.4, 0.5) is 0 Å². The highest BCUT2D eigenvalue weighted by Crippen LogP contribution is 2.30. The maximum Gasteiger partial charge on any atom is 0.263 e. The van der Waals surface area contributed by atoms with Crippen LogP contribution in [0.3, 0.4) is 0 Å². The van der Waals surface area contributed by atoms with Crippen molar-refractivity contribution in [1.82, 2.24) is 4.90 Å². The van der Waals surface area contributed by atoms with Gasteiger partial charge in [0.25, 0.3) is 5.91 Å². The number of carbonyl (C=O) groups excluding carboxylic acids is 1. The van der Waals surface area contributed by atoms with Crippen molar-refractivity contribution in [2.45, 2.75) is 13.3 Å². The third-order valence-corrected chi connectivity index (χ3v) is 5.31. The van der Waals surface area contributed by atoms with E-state index in [1.165, 1.54) is 16.9 Å². The number of carbonyl (C=O) groups is 1. The number of rotatable bonds is 7. The number of hydrogen-bond donors (Lipinski definition) is 0. The van der Waals surface area contributed by atoms with E-state index in [1.807, 2.05) is 68.6 Å². The van der Waals surface area contributed by atoms with Gasteiger partial charge in [0.15, 0.2) is 0 Å². The SMILES string of the molecule is CCOc1ccc(-c2ccc(C(=O)N(C)CCc3ccccc3)s2)cc1. The number of thiophene rings is 1. The Hall–Kier alpha value is -2.59. The van der Waals surface area contributed by atoms with E-state index in [1.54, 1.807) is 4.90 Å². The van der Waals surface area contributed by atoms with Crippen LogP contribution >= 0.6 is 11.3 Å². The second kappa shape index (κ2) is 8.68. The molecule has 0 N–H and O–H groups in total. The van der Waals surface area contributed by atoms with Crippen molar-refractivity contribution in [1.29, 1.82) is 0 Å². The summed E-state index contributed by atoms with van der Waals surface area (Å²) in [6.07, 6.45) is 0.861. The first kappa shape index (κ1) is 18.2. The number of ether oxygens (including phenoxy) is 1. The summed E-state index contributed by atoms with van der Waals surface area (Å²) in [5, 5.41) is 0. The lowest BCUT2D eigenvalue weighted by atomic mass is 10.1. The summed E-state index contributed by atoms with van der Waals surface area (Å²) in [5.74, 6) is 0.938. The summed E-state index contributed by atoms with van der Waals surface area (Å²) in [6, 6.07) is 22.2. The lowest BCUT2D eigenvalue weighted by Crippen LogP contribution is -2.28. The van der Waals surface area contributed by atoms with Crippen molar-refractivity contribution in [3.8, 4) is 16.2 Å². The van der Waals surface area contributed by atoms with Crippen molar-refractivity contribution in [3.63, 3.8) is 0 Å². The van der Waals surface area contributed by atoms with Crippen LogP contribution in [0.15, 0.2) is 66.7 Å². The summed E-state index contributed by atoms with van der Waals surface area (Å²) in [7, 11) is 1.86. The van der Waals surface area contributed by atoms with Crippen LogP contribution < -0.4 is 4.74 Å². The fraction of sp³-hybridized carbons (Fsp3) is 0.227. The van der Waals surface area contributed by atoms with E-state index < -0.39 is 0 Å². The van der Waals surface area contributed by atoms with Gasteiger partial charge < -0.3 is 9.64 Å². The van der Waals surface area contributed by atoms with Gasteiger partial charge in [-0.1, -0.05) is 30.3 Å². The summed E-state index contributed by atoms with van der Waals surface area (Å²) in [5.41, 5.74) is 2.35. The van der Waals surface area contributed by atoms with Crippen LogP contribution in [-0.2, 0) is 6.42 Å². The van der Waals surface area contributed by atoms with Crippen molar-refractivity contribution in [2.24, 2.45) is 0 Å². The molecule has 0 aliphatic carbocycles. The Morgan fingerprint density at radius 3 is 2.42 bits per heavy atom. The monoisotopic (exact) mass is 365 g/mol. The molecule has 3 aromatic rings. The van der Waals surface area contributed by atoms with Crippen molar-refractivity contribution < 1.29 is 9.53 Å². The fourth-order valence-corrected chi connectivity index (χ4v) is 3.73. The summed E-state index contributed by atoms with van der Waals surface area (Å²) in [6.45, 7) is 3.34. The molecule has 26 heavy (non-hydrogen) atoms. The first-order valence-corrected chi connectivity index (χ1v) is 9.61. The van der Waals surface area contributed by atoms with Crippen LogP contribution in [0.2, 0.25) is 0 Å². The normalized spacial score (nSPS) is 10.5. The molecule has 0 saturated carbocycles. The summed E-state index contributed by atoms with van der Waals surface area (Å²) >= 11 is 1.53. The van der Waals surface area contributed by atoms with E-state index in [0.29, 0.717) is 13.2 Å². The molecule has 0 aliphatic rings. The van der Waals surface area contributed by atoms with Crippen LogP contribution in [0.5, 0.6) is 5.75 Å². The molecule has 0 atom stereocenters. The number of nitrogens with zero attached hydrogens (tertiary/aromatic N) is 1. The predicted octanol–water partition coefficient (Wildman–Crippen LogP) is 5.13. The molecule has 1 heterocycles. The zero-order valence-electron chi connectivity index (χ0n) is 15.1. The molecular formula is C22H23NO2S. The van der Waals surface area contributed by atoms with E-state index >= 15 is 0 Å². The first-order valence-electron chi connectivity index (χ1n) is 8.80. The summed E-state index contributed by atoms with van der Waals surface area (Å²) in [4.78, 5) is 16.3. The zero-order valence-corrected chi connectivity index (χ0v) is 16.0. The molecule has 134 valence electrons. The molecule has 0 bridgehead atoms. The maximum absolute atomic E-state index is 12.7. The lowest BCUT2D eigenvalue weighted by molar-refractivity contribution is 0.0801. The summed E-state index contributed by atoms with van der Waals surface area (Å²) < 4.78 is 5.48. The average Bonchev–Trinajstić information content (AvgIpc) is 3.17. The molecule has 2 aromatic carbocycles. The van der Waals surface area contributed by atoms with Crippen LogP contribution in [0, 0.1) is 0 Å². The Kier molecular flexibility index (Phi) is 6.08. The highest BCUT2D eigenvalue weighted by atomic mass is 32.1. The standard InChI is InChI=1S/C22H23NO2S/c1-3-25-19-11-9-18(10-12-19)20-13-14-21(26-20)22(24)23(2)16-15-17-7-5-4-6-8-17/h4-14H,3,15-16H2,1-2H3. The van der Waals surface area contributed by atoms with Crippen molar-refractivity contribution >= 4 is 17.2 Å². The fourth-order valence-electron chi connectivity index (χ4n) is 2.72. The second-order valence-electron chi connectivity index (χ2n) is 6.08. The number of hydrogen-bond acceptors (Lipinski definition) is 3. The van der Waals surface area contributed by atoms with Gasteiger partial charge in [-0.25, -0.2) is 0 Å². The highest BCUT2D eigenvalue weighted by molar-refractivity contribution is 7.17. The second-order valence-corrected chi connectivity index (χ2v) is 7.17. The van der Waals surface area contributed by atoms with Gasteiger partial charge in [-0.15, -0.1) is 11.3 Å². The molecule has 0 aliphatic heterocycles. The molecule has 3 rings (SSSR count). The van der Waals surface area contributed by atoms with Gasteiger partial charge in [-0.3, -0.25) is 4.79 Å². The van der Waals surface area contributed by atoms with Gasteiger partial charge in [-0.2, -0.15) is 0 Å². The molecule has 0 fully saturated rings. The molecule has 0 unspecified atom stereocenters. The lowest BCUT2D eigenvalue weighted by Gasteiger charge is -2.16. The minimum absolute atomic E-state index is 0.0723. The Morgan fingerprint density at radius 1 is 1.00 bits per heavy atom. The third-order valence-electron chi connectivity index (χ3n) is 4.19. The van der Waals surface area contributed by atoms with Crippen LogP contribution in [-0.4, -0.2) is 31.0 Å². The van der Waals surface area contributed by atoms with E-state index in [0.717, 1.165) is 27.5 Å². The van der Waals surface area contributed by atoms with Gasteiger partial charge in [0.1, 0.15) is 5.75 Å². The van der Waals surface area contributed by atoms with E-state index in [-0.39, 0.29) is 5.91 Å². The van der Waals surface area contributed by atoms with Crippen molar-refractivity contribution in [3.05, 3.63) is 77.2 Å². The molecule has 4 heteroatoms. The maximum atomic E-state index is 12.7. The average molecular weight is 365 g/mol. The predicted molar refractivity (Wildman–Crippen MR) is 108 cm³/mol. The molecule has 0 saturated heterocycles. The Labute approximate surface area is 158 Å². The Morgan fingerprint density at radius 2 is 1.73 bits per heavy atom.